The number of rotatable bonds is 2. The average Bonchev–Trinajstić information content (AvgIpc) is 2.32. The maximum Gasteiger partial charge on any atom is 0.338 e. The Morgan fingerprint density at radius 1 is 1.44 bits per heavy atom. The summed E-state index contributed by atoms with van der Waals surface area (Å²) >= 11 is 3.32. The second kappa shape index (κ2) is 5.28. The zero-order valence-corrected chi connectivity index (χ0v) is 12.1. The van der Waals surface area contributed by atoms with Crippen LogP contribution in [0.15, 0.2) is 22.7 Å². The van der Waals surface area contributed by atoms with E-state index in [1.165, 1.54) is 0 Å². The molecule has 1 atom stereocenters. The highest BCUT2D eigenvalue weighted by Crippen LogP contribution is 2.29. The van der Waals surface area contributed by atoms with Crippen molar-refractivity contribution >= 4 is 27.6 Å². The van der Waals surface area contributed by atoms with Gasteiger partial charge in [0.25, 0.3) is 0 Å². The second-order valence-electron chi connectivity index (χ2n) is 4.71. The summed E-state index contributed by atoms with van der Waals surface area (Å²) in [5, 5.41) is 9.33. The molecular weight excluding hydrogens is 296 g/mol. The lowest BCUT2D eigenvalue weighted by atomic mass is 10.1. The predicted molar refractivity (Wildman–Crippen MR) is 75.4 cm³/mol. The van der Waals surface area contributed by atoms with E-state index in [0.717, 1.165) is 25.3 Å². The predicted octanol–water partition coefficient (Wildman–Crippen LogP) is 2.29. The summed E-state index contributed by atoms with van der Waals surface area (Å²) in [6.07, 6.45) is 0. The number of anilines is 1. The molecule has 1 aromatic carbocycles. The maximum absolute atomic E-state index is 11.4. The van der Waals surface area contributed by atoms with Crippen LogP contribution in [-0.4, -0.2) is 48.7 Å². The van der Waals surface area contributed by atoms with Crippen LogP contribution in [0.5, 0.6) is 0 Å². The number of halogens is 1. The van der Waals surface area contributed by atoms with Crippen molar-refractivity contribution in [3.63, 3.8) is 0 Å². The Bertz CT molecular complexity index is 464. The lowest BCUT2D eigenvalue weighted by molar-refractivity contribution is 0.0696. The first kappa shape index (κ1) is 13.4. The molecule has 0 spiro atoms. The third-order valence-corrected chi connectivity index (χ3v) is 4.17. The van der Waals surface area contributed by atoms with Gasteiger partial charge < -0.3 is 14.9 Å². The molecule has 1 heterocycles. The molecule has 0 aromatic heterocycles. The molecule has 1 aromatic rings. The van der Waals surface area contributed by atoms with Crippen molar-refractivity contribution in [1.29, 1.82) is 0 Å². The Hall–Kier alpha value is -1.07. The van der Waals surface area contributed by atoms with E-state index in [-0.39, 0.29) is 0 Å². The number of hydrogen-bond donors (Lipinski definition) is 1. The molecule has 0 aliphatic carbocycles. The van der Waals surface area contributed by atoms with Gasteiger partial charge in [0.05, 0.1) is 11.3 Å². The first-order valence-electron chi connectivity index (χ1n) is 5.97. The van der Waals surface area contributed by atoms with Crippen molar-refractivity contribution in [2.75, 3.05) is 31.6 Å². The summed E-state index contributed by atoms with van der Waals surface area (Å²) in [5.41, 5.74) is 1.16. The number of carboxylic acid groups (broad SMARTS) is 1. The highest BCUT2D eigenvalue weighted by molar-refractivity contribution is 9.10. The third kappa shape index (κ3) is 2.52. The Morgan fingerprint density at radius 3 is 2.78 bits per heavy atom. The molecule has 2 rings (SSSR count). The van der Waals surface area contributed by atoms with Gasteiger partial charge in [-0.1, -0.05) is 6.07 Å². The lowest BCUT2D eigenvalue weighted by Gasteiger charge is -2.39. The fourth-order valence-electron chi connectivity index (χ4n) is 2.26. The molecular formula is C13H17BrN2O2. The fraction of sp³-hybridized carbons (Fsp3) is 0.462. The van der Waals surface area contributed by atoms with Crippen LogP contribution in [0.1, 0.15) is 17.3 Å². The largest absolute Gasteiger partial charge is 0.478 e. The molecule has 18 heavy (non-hydrogen) atoms. The summed E-state index contributed by atoms with van der Waals surface area (Å²) in [4.78, 5) is 15.8. The van der Waals surface area contributed by atoms with Gasteiger partial charge in [-0.3, -0.25) is 0 Å². The van der Waals surface area contributed by atoms with E-state index in [4.69, 9.17) is 0 Å². The minimum absolute atomic E-state index is 0.356. The van der Waals surface area contributed by atoms with Crippen LogP contribution in [0.25, 0.3) is 0 Å². The quantitative estimate of drug-likeness (QED) is 0.910. The molecule has 1 saturated heterocycles. The van der Waals surface area contributed by atoms with Gasteiger partial charge in [0.1, 0.15) is 0 Å². The summed E-state index contributed by atoms with van der Waals surface area (Å²) in [7, 11) is 2.10. The zero-order chi connectivity index (χ0) is 13.3. The number of carboxylic acids is 1. The Kier molecular flexibility index (Phi) is 3.92. The van der Waals surface area contributed by atoms with Gasteiger partial charge in [0.15, 0.2) is 0 Å². The molecule has 0 saturated carbocycles. The number of piperazine rings is 1. The molecule has 1 unspecified atom stereocenters. The average molecular weight is 313 g/mol. The van der Waals surface area contributed by atoms with Crippen LogP contribution in [-0.2, 0) is 0 Å². The number of aromatic carboxylic acids is 1. The van der Waals surface area contributed by atoms with E-state index in [0.29, 0.717) is 16.1 Å². The van der Waals surface area contributed by atoms with E-state index < -0.39 is 5.97 Å². The molecule has 4 nitrogen and oxygen atoms in total. The Morgan fingerprint density at radius 2 is 2.17 bits per heavy atom. The smallest absolute Gasteiger partial charge is 0.338 e. The van der Waals surface area contributed by atoms with E-state index in [9.17, 15) is 9.90 Å². The number of benzene rings is 1. The van der Waals surface area contributed by atoms with Crippen molar-refractivity contribution < 1.29 is 9.90 Å². The molecule has 98 valence electrons. The Labute approximate surface area is 115 Å². The molecule has 1 aliphatic rings. The lowest BCUT2D eigenvalue weighted by Crippen LogP contribution is -2.50. The molecule has 0 bridgehead atoms. The molecule has 1 N–H and O–H groups in total. The van der Waals surface area contributed by atoms with Crippen LogP contribution >= 0.6 is 15.9 Å². The summed E-state index contributed by atoms with van der Waals surface area (Å²) < 4.78 is 0.638. The SMILES string of the molecule is CC1CN(c2cccc(Br)c2C(=O)O)CCN1C. The number of nitrogens with zero attached hydrogens (tertiary/aromatic N) is 2. The van der Waals surface area contributed by atoms with Gasteiger partial charge in [-0.05, 0) is 42.0 Å². The molecule has 1 fully saturated rings. The number of likely N-dealkylation sites (N-methyl/N-ethyl adjacent to an activating group) is 1. The van der Waals surface area contributed by atoms with Crippen molar-refractivity contribution in [2.45, 2.75) is 13.0 Å². The van der Waals surface area contributed by atoms with Crippen LogP contribution in [0.3, 0.4) is 0 Å². The summed E-state index contributed by atoms with van der Waals surface area (Å²) in [5.74, 6) is -0.885. The highest BCUT2D eigenvalue weighted by atomic mass is 79.9. The van der Waals surface area contributed by atoms with Crippen molar-refractivity contribution in [2.24, 2.45) is 0 Å². The van der Waals surface area contributed by atoms with Crippen molar-refractivity contribution in [3.05, 3.63) is 28.2 Å². The van der Waals surface area contributed by atoms with Gasteiger partial charge in [-0.2, -0.15) is 0 Å². The maximum atomic E-state index is 11.4. The third-order valence-electron chi connectivity index (χ3n) is 3.51. The van der Waals surface area contributed by atoms with E-state index in [1.54, 1.807) is 6.07 Å². The van der Waals surface area contributed by atoms with Crippen LogP contribution in [0, 0.1) is 0 Å². The molecule has 1 aliphatic heterocycles. The van der Waals surface area contributed by atoms with E-state index in [1.807, 2.05) is 12.1 Å². The van der Waals surface area contributed by atoms with Gasteiger partial charge >= 0.3 is 5.97 Å². The Balaban J connectivity index is 2.34. The standard InChI is InChI=1S/C13H17BrN2O2/c1-9-8-16(7-6-15(9)2)11-5-3-4-10(14)12(11)13(17)18/h3-5,9H,6-8H2,1-2H3,(H,17,18). The minimum atomic E-state index is -0.885. The normalized spacial score (nSPS) is 21.1. The van der Waals surface area contributed by atoms with Crippen LogP contribution < -0.4 is 4.90 Å². The molecule has 5 heteroatoms. The van der Waals surface area contributed by atoms with Gasteiger partial charge in [0.2, 0.25) is 0 Å². The van der Waals surface area contributed by atoms with Gasteiger partial charge in [-0.15, -0.1) is 0 Å². The van der Waals surface area contributed by atoms with Crippen LogP contribution in [0.2, 0.25) is 0 Å². The van der Waals surface area contributed by atoms with Crippen molar-refractivity contribution in [3.8, 4) is 0 Å². The number of hydrogen-bond acceptors (Lipinski definition) is 3. The van der Waals surface area contributed by atoms with E-state index >= 15 is 0 Å². The first-order valence-corrected chi connectivity index (χ1v) is 6.77. The summed E-state index contributed by atoms with van der Waals surface area (Å²) in [6.45, 7) is 4.82. The second-order valence-corrected chi connectivity index (χ2v) is 5.57. The highest BCUT2D eigenvalue weighted by Gasteiger charge is 2.25. The minimum Gasteiger partial charge on any atom is -0.478 e. The van der Waals surface area contributed by atoms with Crippen molar-refractivity contribution in [1.82, 2.24) is 4.90 Å². The van der Waals surface area contributed by atoms with Crippen LogP contribution in [0.4, 0.5) is 5.69 Å². The number of carbonyl (C=O) groups is 1. The van der Waals surface area contributed by atoms with Gasteiger partial charge in [-0.25, -0.2) is 4.79 Å². The topological polar surface area (TPSA) is 43.8 Å². The molecule has 0 radical (unpaired) electrons. The summed E-state index contributed by atoms with van der Waals surface area (Å²) in [6, 6.07) is 5.97. The van der Waals surface area contributed by atoms with E-state index in [2.05, 4.69) is 39.7 Å². The zero-order valence-electron chi connectivity index (χ0n) is 10.6. The fourth-order valence-corrected chi connectivity index (χ4v) is 2.78. The molecule has 0 amide bonds. The monoisotopic (exact) mass is 312 g/mol. The first-order chi connectivity index (χ1) is 8.50. The van der Waals surface area contributed by atoms with Gasteiger partial charge in [0, 0.05) is 30.1 Å².